The van der Waals surface area contributed by atoms with Crippen LogP contribution in [-0.4, -0.2) is 47.0 Å². The number of nitrogens with zero attached hydrogens (tertiary/aromatic N) is 3. The van der Waals surface area contributed by atoms with Gasteiger partial charge in [0.25, 0.3) is 0 Å². The quantitative estimate of drug-likeness (QED) is 0.407. The van der Waals surface area contributed by atoms with Crippen LogP contribution in [0.2, 0.25) is 5.02 Å². The Bertz CT molecular complexity index is 524. The van der Waals surface area contributed by atoms with Gasteiger partial charge >= 0.3 is 0 Å². The van der Waals surface area contributed by atoms with Crippen LogP contribution >= 0.6 is 47.3 Å². The Kier molecular flexibility index (Phi) is 9.38. The first-order chi connectivity index (χ1) is 10.6. The molecule has 1 saturated heterocycles. The number of nitrogens with two attached hydrogens (primary N) is 1. The maximum Gasteiger partial charge on any atom is 0.232 e. The third-order valence-corrected chi connectivity index (χ3v) is 4.39. The van der Waals surface area contributed by atoms with Crippen molar-refractivity contribution in [2.45, 2.75) is 20.4 Å². The van der Waals surface area contributed by atoms with E-state index in [0.29, 0.717) is 35.9 Å². The average molecular weight is 471 g/mol. The van der Waals surface area contributed by atoms with Gasteiger partial charge in [-0.1, -0.05) is 25.4 Å². The van der Waals surface area contributed by atoms with Crippen molar-refractivity contribution in [3.05, 3.63) is 22.8 Å². The zero-order valence-electron chi connectivity index (χ0n) is 13.5. The van der Waals surface area contributed by atoms with Gasteiger partial charge in [-0.25, -0.2) is 9.98 Å². The molecular formula is C15H24ClIN4OS. The van der Waals surface area contributed by atoms with Crippen LogP contribution in [0.3, 0.4) is 0 Å². The van der Waals surface area contributed by atoms with Gasteiger partial charge in [-0.05, 0) is 17.5 Å². The molecule has 1 aromatic rings. The lowest BCUT2D eigenvalue weighted by Crippen LogP contribution is -2.42. The second-order valence-electron chi connectivity index (χ2n) is 5.61. The maximum atomic E-state index is 6.20. The third kappa shape index (κ3) is 6.93. The number of rotatable bonds is 5. The fourth-order valence-electron chi connectivity index (χ4n) is 1.97. The first kappa shape index (κ1) is 20.6. The minimum Gasteiger partial charge on any atom is -0.476 e. The molecule has 0 radical (unpaired) electrons. The number of pyridine rings is 1. The molecule has 0 saturated carbocycles. The van der Waals surface area contributed by atoms with Gasteiger partial charge in [0.15, 0.2) is 5.96 Å². The molecule has 2 N–H and O–H groups in total. The van der Waals surface area contributed by atoms with Crippen LogP contribution < -0.4 is 10.5 Å². The molecule has 0 aromatic carbocycles. The average Bonchev–Trinajstić information content (AvgIpc) is 2.52. The van der Waals surface area contributed by atoms with E-state index in [1.54, 1.807) is 6.20 Å². The van der Waals surface area contributed by atoms with Crippen LogP contribution in [0.5, 0.6) is 5.88 Å². The number of hydrogen-bond acceptors (Lipinski definition) is 4. The van der Waals surface area contributed by atoms with Crippen molar-refractivity contribution in [1.29, 1.82) is 0 Å². The van der Waals surface area contributed by atoms with E-state index in [2.05, 4.69) is 28.7 Å². The van der Waals surface area contributed by atoms with Crippen molar-refractivity contribution in [2.24, 2.45) is 16.6 Å². The van der Waals surface area contributed by atoms with Gasteiger partial charge in [0, 0.05) is 30.8 Å². The summed E-state index contributed by atoms with van der Waals surface area (Å²) in [7, 11) is 0. The van der Waals surface area contributed by atoms with Crippen molar-refractivity contribution in [2.75, 3.05) is 31.2 Å². The predicted molar refractivity (Wildman–Crippen MR) is 109 cm³/mol. The van der Waals surface area contributed by atoms with Crippen molar-refractivity contribution < 1.29 is 4.74 Å². The van der Waals surface area contributed by atoms with Crippen molar-refractivity contribution >= 4 is 53.3 Å². The Morgan fingerprint density at radius 2 is 2.17 bits per heavy atom. The monoisotopic (exact) mass is 470 g/mol. The van der Waals surface area contributed by atoms with E-state index in [0.717, 1.165) is 30.2 Å². The number of hydrogen-bond donors (Lipinski definition) is 1. The van der Waals surface area contributed by atoms with E-state index in [4.69, 9.17) is 22.1 Å². The Labute approximate surface area is 164 Å². The summed E-state index contributed by atoms with van der Waals surface area (Å²) in [5.74, 6) is 3.71. The highest BCUT2D eigenvalue weighted by Gasteiger charge is 2.12. The van der Waals surface area contributed by atoms with Crippen LogP contribution in [0.25, 0.3) is 0 Å². The topological polar surface area (TPSA) is 63.7 Å². The molecule has 23 heavy (non-hydrogen) atoms. The van der Waals surface area contributed by atoms with Gasteiger partial charge in [0.2, 0.25) is 5.88 Å². The van der Waals surface area contributed by atoms with Crippen LogP contribution in [0, 0.1) is 5.92 Å². The summed E-state index contributed by atoms with van der Waals surface area (Å²) in [6, 6.07) is 1.84. The van der Waals surface area contributed by atoms with Gasteiger partial charge in [0.1, 0.15) is 5.02 Å². The van der Waals surface area contributed by atoms with Crippen LogP contribution in [0.4, 0.5) is 0 Å². The second kappa shape index (κ2) is 10.5. The molecule has 0 amide bonds. The molecule has 1 fully saturated rings. The number of guanidine groups is 1. The molecule has 1 aromatic heterocycles. The minimum absolute atomic E-state index is 0. The molecule has 2 rings (SSSR count). The fourth-order valence-corrected chi connectivity index (χ4v) is 3.11. The number of aliphatic imine (C=N–C) groups is 1. The van der Waals surface area contributed by atoms with Crippen LogP contribution in [0.1, 0.15) is 19.4 Å². The lowest BCUT2D eigenvalue weighted by atomic mass is 10.2. The summed E-state index contributed by atoms with van der Waals surface area (Å²) in [6.07, 6.45) is 1.74. The van der Waals surface area contributed by atoms with Gasteiger partial charge in [0.05, 0.1) is 13.2 Å². The second-order valence-corrected chi connectivity index (χ2v) is 7.24. The van der Waals surface area contributed by atoms with Crippen molar-refractivity contribution in [1.82, 2.24) is 9.88 Å². The molecule has 0 bridgehead atoms. The van der Waals surface area contributed by atoms with Crippen LogP contribution in [-0.2, 0) is 6.54 Å². The summed E-state index contributed by atoms with van der Waals surface area (Å²) in [5.41, 5.74) is 6.96. The SMILES string of the molecule is CC(C)COc1ncc(CN=C(N)N2CCSCC2)cc1Cl.I. The van der Waals surface area contributed by atoms with Gasteiger partial charge in [-0.3, -0.25) is 0 Å². The summed E-state index contributed by atoms with van der Waals surface area (Å²) >= 11 is 8.14. The van der Waals surface area contributed by atoms with E-state index < -0.39 is 0 Å². The Hall–Kier alpha value is -0.410. The zero-order chi connectivity index (χ0) is 15.9. The normalized spacial score (nSPS) is 15.5. The molecule has 0 spiro atoms. The molecule has 5 nitrogen and oxygen atoms in total. The first-order valence-corrected chi connectivity index (χ1v) is 8.99. The fraction of sp³-hybridized carbons (Fsp3) is 0.600. The standard InChI is InChI=1S/C15H23ClN4OS.HI/c1-11(2)10-21-14-13(16)7-12(8-18-14)9-19-15(17)20-3-5-22-6-4-20;/h7-8,11H,3-6,9-10H2,1-2H3,(H2,17,19);1H. The summed E-state index contributed by atoms with van der Waals surface area (Å²) < 4.78 is 5.56. The summed E-state index contributed by atoms with van der Waals surface area (Å²) in [5, 5.41) is 0.515. The van der Waals surface area contributed by atoms with E-state index >= 15 is 0 Å². The molecule has 2 heterocycles. The van der Waals surface area contributed by atoms with Crippen molar-refractivity contribution in [3.63, 3.8) is 0 Å². The summed E-state index contributed by atoms with van der Waals surface area (Å²) in [6.45, 7) is 7.16. The van der Waals surface area contributed by atoms with E-state index in [1.165, 1.54) is 0 Å². The molecule has 8 heteroatoms. The largest absolute Gasteiger partial charge is 0.476 e. The van der Waals surface area contributed by atoms with Gasteiger partial charge in [-0.2, -0.15) is 11.8 Å². The molecule has 130 valence electrons. The number of aromatic nitrogens is 1. The summed E-state index contributed by atoms with van der Waals surface area (Å²) in [4.78, 5) is 10.8. The molecular weight excluding hydrogens is 447 g/mol. The minimum atomic E-state index is 0. The predicted octanol–water partition coefficient (Wildman–Crippen LogP) is 3.25. The van der Waals surface area contributed by atoms with Crippen LogP contribution in [0.15, 0.2) is 17.3 Å². The van der Waals surface area contributed by atoms with E-state index in [9.17, 15) is 0 Å². The highest BCUT2D eigenvalue weighted by Crippen LogP contribution is 2.23. The van der Waals surface area contributed by atoms with Gasteiger partial charge < -0.3 is 15.4 Å². The molecule has 1 aliphatic rings. The maximum absolute atomic E-state index is 6.20. The Morgan fingerprint density at radius 3 is 2.78 bits per heavy atom. The molecule has 0 atom stereocenters. The van der Waals surface area contributed by atoms with Crippen molar-refractivity contribution in [3.8, 4) is 5.88 Å². The Morgan fingerprint density at radius 1 is 1.48 bits per heavy atom. The zero-order valence-corrected chi connectivity index (χ0v) is 17.4. The number of thioether (sulfide) groups is 1. The van der Waals surface area contributed by atoms with Gasteiger partial charge in [-0.15, -0.1) is 24.0 Å². The molecule has 0 aliphatic carbocycles. The lowest BCUT2D eigenvalue weighted by molar-refractivity contribution is 0.261. The Balaban J connectivity index is 0.00000264. The van der Waals surface area contributed by atoms with E-state index in [-0.39, 0.29) is 24.0 Å². The highest BCUT2D eigenvalue weighted by atomic mass is 127. The van der Waals surface area contributed by atoms with E-state index in [1.807, 2.05) is 17.8 Å². The molecule has 1 aliphatic heterocycles. The lowest BCUT2D eigenvalue weighted by Gasteiger charge is -2.27. The first-order valence-electron chi connectivity index (χ1n) is 7.46. The number of ether oxygens (including phenoxy) is 1. The third-order valence-electron chi connectivity index (χ3n) is 3.18. The smallest absolute Gasteiger partial charge is 0.232 e. The number of halogens is 2. The highest BCUT2D eigenvalue weighted by molar-refractivity contribution is 14.0. The molecule has 0 unspecified atom stereocenters.